The molecule has 0 saturated carbocycles. The number of hydrogen-bond acceptors (Lipinski definition) is 2. The first kappa shape index (κ1) is 15.3. The number of nitrogens with one attached hydrogen (secondary N) is 2. The number of carbonyl (C=O) groups is 1. The predicted octanol–water partition coefficient (Wildman–Crippen LogP) is 2.99. The van der Waals surface area contributed by atoms with Crippen LogP contribution in [0.2, 0.25) is 0 Å². The van der Waals surface area contributed by atoms with Crippen molar-refractivity contribution in [2.24, 2.45) is 0 Å². The maximum Gasteiger partial charge on any atom is 0.251 e. The lowest BCUT2D eigenvalue weighted by Gasteiger charge is -2.06. The Balaban J connectivity index is 1.51. The molecule has 2 N–H and O–H groups in total. The second-order valence-corrected chi connectivity index (χ2v) is 4.99. The molecule has 0 bridgehead atoms. The number of carbonyl (C=O) groups excluding carboxylic acids is 1. The highest BCUT2D eigenvalue weighted by atomic mass is 16.1. The third-order valence-electron chi connectivity index (χ3n) is 3.27. The SMILES string of the molecule is O=C(NCCCCNCc1ccccc1)c1ccccc1. The lowest BCUT2D eigenvalue weighted by molar-refractivity contribution is 0.0953. The van der Waals surface area contributed by atoms with E-state index in [0.29, 0.717) is 0 Å². The first-order valence-electron chi connectivity index (χ1n) is 7.44. The summed E-state index contributed by atoms with van der Waals surface area (Å²) in [5.74, 6) is 0.00726. The standard InChI is InChI=1S/C18H22N2O/c21-18(17-11-5-2-6-12-17)20-14-8-7-13-19-15-16-9-3-1-4-10-16/h1-6,9-12,19H,7-8,13-15H2,(H,20,21). The first-order chi connectivity index (χ1) is 10.4. The van der Waals surface area contributed by atoms with Crippen molar-refractivity contribution in [3.8, 4) is 0 Å². The van der Waals surface area contributed by atoms with Crippen LogP contribution in [-0.2, 0) is 6.54 Å². The van der Waals surface area contributed by atoms with Crippen molar-refractivity contribution in [2.45, 2.75) is 19.4 Å². The van der Waals surface area contributed by atoms with Crippen molar-refractivity contribution in [1.29, 1.82) is 0 Å². The molecular formula is C18H22N2O. The Morgan fingerprint density at radius 2 is 1.43 bits per heavy atom. The van der Waals surface area contributed by atoms with Gasteiger partial charge >= 0.3 is 0 Å². The molecule has 3 nitrogen and oxygen atoms in total. The zero-order valence-corrected chi connectivity index (χ0v) is 12.2. The highest BCUT2D eigenvalue weighted by molar-refractivity contribution is 5.94. The van der Waals surface area contributed by atoms with Gasteiger partial charge in [0.15, 0.2) is 0 Å². The first-order valence-corrected chi connectivity index (χ1v) is 7.44. The van der Waals surface area contributed by atoms with E-state index in [9.17, 15) is 4.79 Å². The van der Waals surface area contributed by atoms with Gasteiger partial charge in [-0.1, -0.05) is 48.5 Å². The average molecular weight is 282 g/mol. The summed E-state index contributed by atoms with van der Waals surface area (Å²) in [5.41, 5.74) is 2.02. The minimum Gasteiger partial charge on any atom is -0.352 e. The molecule has 2 aromatic carbocycles. The fourth-order valence-electron chi connectivity index (χ4n) is 2.10. The van der Waals surface area contributed by atoms with Crippen LogP contribution in [0.25, 0.3) is 0 Å². The lowest BCUT2D eigenvalue weighted by atomic mass is 10.2. The Kier molecular flexibility index (Phi) is 6.49. The molecule has 0 atom stereocenters. The number of benzene rings is 2. The van der Waals surface area contributed by atoms with Crippen LogP contribution in [0.15, 0.2) is 60.7 Å². The van der Waals surface area contributed by atoms with Crippen LogP contribution in [0.3, 0.4) is 0 Å². The molecule has 0 aromatic heterocycles. The van der Waals surface area contributed by atoms with E-state index >= 15 is 0 Å². The normalized spacial score (nSPS) is 10.3. The zero-order chi connectivity index (χ0) is 14.8. The van der Waals surface area contributed by atoms with Gasteiger partial charge in [-0.2, -0.15) is 0 Å². The molecule has 21 heavy (non-hydrogen) atoms. The monoisotopic (exact) mass is 282 g/mol. The van der Waals surface area contributed by atoms with Crippen LogP contribution in [0, 0.1) is 0 Å². The third kappa shape index (κ3) is 5.79. The molecule has 0 heterocycles. The molecule has 3 heteroatoms. The predicted molar refractivity (Wildman–Crippen MR) is 86.2 cm³/mol. The van der Waals surface area contributed by atoms with Crippen molar-refractivity contribution in [2.75, 3.05) is 13.1 Å². The fraction of sp³-hybridized carbons (Fsp3) is 0.278. The van der Waals surface area contributed by atoms with Gasteiger partial charge in [-0.05, 0) is 37.1 Å². The van der Waals surface area contributed by atoms with E-state index in [1.165, 1.54) is 5.56 Å². The molecule has 0 saturated heterocycles. The quantitative estimate of drug-likeness (QED) is 0.731. The van der Waals surface area contributed by atoms with E-state index < -0.39 is 0 Å². The van der Waals surface area contributed by atoms with Crippen LogP contribution in [0.4, 0.5) is 0 Å². The average Bonchev–Trinajstić information content (AvgIpc) is 2.55. The summed E-state index contributed by atoms with van der Waals surface area (Å²) < 4.78 is 0. The summed E-state index contributed by atoms with van der Waals surface area (Å²) >= 11 is 0. The van der Waals surface area contributed by atoms with Crippen LogP contribution < -0.4 is 10.6 Å². The lowest BCUT2D eigenvalue weighted by Crippen LogP contribution is -2.25. The second-order valence-electron chi connectivity index (χ2n) is 4.99. The highest BCUT2D eigenvalue weighted by Crippen LogP contribution is 1.99. The topological polar surface area (TPSA) is 41.1 Å². The minimum atomic E-state index is 0.00726. The van der Waals surface area contributed by atoms with Crippen LogP contribution in [0.5, 0.6) is 0 Å². The number of hydrogen-bond donors (Lipinski definition) is 2. The van der Waals surface area contributed by atoms with E-state index in [-0.39, 0.29) is 5.91 Å². The maximum atomic E-state index is 11.8. The Hall–Kier alpha value is -2.13. The van der Waals surface area contributed by atoms with Crippen molar-refractivity contribution in [1.82, 2.24) is 10.6 Å². The summed E-state index contributed by atoms with van der Waals surface area (Å²) in [7, 11) is 0. The van der Waals surface area contributed by atoms with Crippen molar-refractivity contribution in [3.63, 3.8) is 0 Å². The van der Waals surface area contributed by atoms with Crippen LogP contribution in [0.1, 0.15) is 28.8 Å². The summed E-state index contributed by atoms with van der Waals surface area (Å²) in [6.45, 7) is 2.59. The van der Waals surface area contributed by atoms with Gasteiger partial charge in [0, 0.05) is 18.7 Å². The summed E-state index contributed by atoms with van der Waals surface area (Å²) in [6.07, 6.45) is 2.04. The molecule has 0 spiro atoms. The number of amides is 1. The molecule has 2 rings (SSSR count). The Morgan fingerprint density at radius 3 is 2.14 bits per heavy atom. The Bertz CT molecular complexity index is 525. The molecule has 110 valence electrons. The van der Waals surface area contributed by atoms with Gasteiger partial charge in [0.1, 0.15) is 0 Å². The van der Waals surface area contributed by atoms with Gasteiger partial charge < -0.3 is 10.6 Å². The molecular weight excluding hydrogens is 260 g/mol. The van der Waals surface area contributed by atoms with E-state index in [1.807, 2.05) is 36.4 Å². The van der Waals surface area contributed by atoms with E-state index in [4.69, 9.17) is 0 Å². The zero-order valence-electron chi connectivity index (χ0n) is 12.2. The fourth-order valence-corrected chi connectivity index (χ4v) is 2.10. The van der Waals surface area contributed by atoms with Gasteiger partial charge in [0.2, 0.25) is 0 Å². The molecule has 0 fully saturated rings. The van der Waals surface area contributed by atoms with Gasteiger partial charge in [-0.15, -0.1) is 0 Å². The van der Waals surface area contributed by atoms with E-state index in [2.05, 4.69) is 34.9 Å². The Labute approximate surface area is 126 Å². The molecule has 0 aliphatic carbocycles. The van der Waals surface area contributed by atoms with E-state index in [1.54, 1.807) is 0 Å². The van der Waals surface area contributed by atoms with Gasteiger partial charge in [-0.3, -0.25) is 4.79 Å². The van der Waals surface area contributed by atoms with Gasteiger partial charge in [0.05, 0.1) is 0 Å². The van der Waals surface area contributed by atoms with Crippen molar-refractivity contribution in [3.05, 3.63) is 71.8 Å². The third-order valence-corrected chi connectivity index (χ3v) is 3.27. The number of unbranched alkanes of at least 4 members (excludes halogenated alkanes) is 1. The minimum absolute atomic E-state index is 0.00726. The van der Waals surface area contributed by atoms with Crippen molar-refractivity contribution >= 4 is 5.91 Å². The molecule has 0 radical (unpaired) electrons. The second kappa shape index (κ2) is 8.93. The summed E-state index contributed by atoms with van der Waals surface area (Å²) in [5, 5.41) is 6.35. The van der Waals surface area contributed by atoms with Gasteiger partial charge in [0.25, 0.3) is 5.91 Å². The number of rotatable bonds is 8. The summed E-state index contributed by atoms with van der Waals surface area (Å²) in [4.78, 5) is 11.8. The Morgan fingerprint density at radius 1 is 0.810 bits per heavy atom. The molecule has 0 aliphatic rings. The molecule has 2 aromatic rings. The molecule has 0 aliphatic heterocycles. The molecule has 0 unspecified atom stereocenters. The van der Waals surface area contributed by atoms with Gasteiger partial charge in [-0.25, -0.2) is 0 Å². The van der Waals surface area contributed by atoms with Crippen LogP contribution >= 0.6 is 0 Å². The molecule has 1 amide bonds. The smallest absolute Gasteiger partial charge is 0.251 e. The highest BCUT2D eigenvalue weighted by Gasteiger charge is 2.02. The van der Waals surface area contributed by atoms with E-state index in [0.717, 1.165) is 38.0 Å². The van der Waals surface area contributed by atoms with Crippen LogP contribution in [-0.4, -0.2) is 19.0 Å². The maximum absolute atomic E-state index is 11.8. The van der Waals surface area contributed by atoms with Crippen molar-refractivity contribution < 1.29 is 4.79 Å². The largest absolute Gasteiger partial charge is 0.352 e. The summed E-state index contributed by atoms with van der Waals surface area (Å²) in [6, 6.07) is 19.7.